The molecule has 0 fully saturated rings. The van der Waals surface area contributed by atoms with E-state index in [4.69, 9.17) is 4.74 Å². The molecule has 6 heteroatoms. The summed E-state index contributed by atoms with van der Waals surface area (Å²) in [6, 6.07) is 0. The molecule has 0 radical (unpaired) electrons. The van der Waals surface area contributed by atoms with Crippen molar-refractivity contribution >= 4 is 18.8 Å². The summed E-state index contributed by atoms with van der Waals surface area (Å²) in [6.45, 7) is 2.84. The van der Waals surface area contributed by atoms with Crippen molar-refractivity contribution in [2.45, 2.75) is 19.8 Å². The van der Waals surface area contributed by atoms with E-state index in [9.17, 15) is 4.79 Å². The molecule has 1 aliphatic rings. The molecule has 1 rings (SSSR count). The molecule has 1 heterocycles. The van der Waals surface area contributed by atoms with Gasteiger partial charge in [0.2, 0.25) is 0 Å². The van der Waals surface area contributed by atoms with E-state index in [2.05, 4.69) is 15.4 Å². The first-order chi connectivity index (χ1) is 6.83. The lowest BCUT2D eigenvalue weighted by molar-refractivity contribution is 0.125. The highest BCUT2D eigenvalue weighted by atomic mass is 16.6. The van der Waals surface area contributed by atoms with E-state index in [1.807, 2.05) is 6.92 Å². The lowest BCUT2D eigenvalue weighted by Gasteiger charge is -2.18. The standard InChI is InChI=1S/C8H14N4O2/c1-2-3-4-14-8(13)11-12-6-9-5-10-7-12/h5-6H,2-4,7H2,1H3,(H,11,13). The van der Waals surface area contributed by atoms with Crippen molar-refractivity contribution in [2.24, 2.45) is 9.98 Å². The minimum Gasteiger partial charge on any atom is -0.448 e. The number of amides is 1. The predicted molar refractivity (Wildman–Crippen MR) is 53.1 cm³/mol. The fourth-order valence-corrected chi connectivity index (χ4v) is 0.841. The maximum absolute atomic E-state index is 11.1. The number of carbonyl (C=O) groups excluding carboxylic acids is 1. The molecule has 1 N–H and O–H groups in total. The summed E-state index contributed by atoms with van der Waals surface area (Å²) in [5, 5.41) is 1.45. The third kappa shape index (κ3) is 3.88. The van der Waals surface area contributed by atoms with Crippen LogP contribution in [-0.4, -0.2) is 37.1 Å². The van der Waals surface area contributed by atoms with Gasteiger partial charge in [0, 0.05) is 0 Å². The highest BCUT2D eigenvalue weighted by Gasteiger charge is 2.06. The highest BCUT2D eigenvalue weighted by molar-refractivity contribution is 5.75. The number of unbranched alkanes of at least 4 members (excludes halogenated alkanes) is 1. The van der Waals surface area contributed by atoms with Gasteiger partial charge in [-0.2, -0.15) is 0 Å². The number of nitrogens with zero attached hydrogens (tertiary/aromatic N) is 3. The van der Waals surface area contributed by atoms with Crippen LogP contribution < -0.4 is 5.43 Å². The Labute approximate surface area is 82.6 Å². The van der Waals surface area contributed by atoms with Gasteiger partial charge in [-0.05, 0) is 6.42 Å². The predicted octanol–water partition coefficient (Wildman–Crippen LogP) is 0.757. The van der Waals surface area contributed by atoms with Gasteiger partial charge < -0.3 is 4.74 Å². The molecule has 1 amide bonds. The second-order valence-corrected chi connectivity index (χ2v) is 2.78. The van der Waals surface area contributed by atoms with Crippen LogP contribution in [0.1, 0.15) is 19.8 Å². The van der Waals surface area contributed by atoms with Crippen LogP contribution in [0.3, 0.4) is 0 Å². The average Bonchev–Trinajstić information content (AvgIpc) is 2.20. The zero-order valence-electron chi connectivity index (χ0n) is 8.14. The summed E-state index contributed by atoms with van der Waals surface area (Å²) in [5.74, 6) is 0. The van der Waals surface area contributed by atoms with E-state index >= 15 is 0 Å². The maximum atomic E-state index is 11.1. The van der Waals surface area contributed by atoms with Crippen LogP contribution in [0.2, 0.25) is 0 Å². The number of rotatable bonds is 4. The largest absolute Gasteiger partial charge is 0.448 e. The van der Waals surface area contributed by atoms with Crippen LogP contribution in [0, 0.1) is 0 Å². The van der Waals surface area contributed by atoms with E-state index < -0.39 is 6.09 Å². The molecule has 78 valence electrons. The molecule has 0 saturated carbocycles. The number of hydrogen-bond donors (Lipinski definition) is 1. The Balaban J connectivity index is 2.13. The molecule has 0 unspecified atom stereocenters. The minimum atomic E-state index is -0.470. The van der Waals surface area contributed by atoms with Gasteiger partial charge in [-0.3, -0.25) is 10.0 Å². The van der Waals surface area contributed by atoms with Crippen LogP contribution >= 0.6 is 0 Å². The Morgan fingerprint density at radius 1 is 1.71 bits per heavy atom. The van der Waals surface area contributed by atoms with Crippen LogP contribution in [0.5, 0.6) is 0 Å². The number of aliphatic imine (C=N–C) groups is 2. The van der Waals surface area contributed by atoms with Gasteiger partial charge in [0.25, 0.3) is 0 Å². The third-order valence-corrected chi connectivity index (χ3v) is 1.55. The van der Waals surface area contributed by atoms with Gasteiger partial charge in [-0.25, -0.2) is 15.2 Å². The van der Waals surface area contributed by atoms with Crippen molar-refractivity contribution in [1.82, 2.24) is 10.4 Å². The van der Waals surface area contributed by atoms with Crippen molar-refractivity contribution < 1.29 is 9.53 Å². The van der Waals surface area contributed by atoms with Crippen LogP contribution in [-0.2, 0) is 4.74 Å². The Bertz CT molecular complexity index is 239. The molecular formula is C8H14N4O2. The van der Waals surface area contributed by atoms with Gasteiger partial charge in [-0.1, -0.05) is 13.3 Å². The molecule has 0 aliphatic carbocycles. The third-order valence-electron chi connectivity index (χ3n) is 1.55. The first-order valence-electron chi connectivity index (χ1n) is 4.54. The quantitative estimate of drug-likeness (QED) is 0.678. The first kappa shape index (κ1) is 10.5. The SMILES string of the molecule is CCCCOC(=O)NN1C=NC=NC1. The summed E-state index contributed by atoms with van der Waals surface area (Å²) in [6.07, 6.45) is 4.32. The minimum absolute atomic E-state index is 0.367. The molecule has 14 heavy (non-hydrogen) atoms. The number of hydrogen-bond acceptors (Lipinski definition) is 5. The zero-order valence-corrected chi connectivity index (χ0v) is 8.14. The molecule has 0 spiro atoms. The smallest absolute Gasteiger partial charge is 0.426 e. The molecule has 0 atom stereocenters. The monoisotopic (exact) mass is 198 g/mol. The van der Waals surface area contributed by atoms with E-state index in [1.165, 1.54) is 17.7 Å². The topological polar surface area (TPSA) is 66.3 Å². The maximum Gasteiger partial charge on any atom is 0.426 e. The first-order valence-corrected chi connectivity index (χ1v) is 4.54. The van der Waals surface area contributed by atoms with Crippen LogP contribution in [0.25, 0.3) is 0 Å². The molecule has 0 aromatic rings. The zero-order chi connectivity index (χ0) is 10.2. The fourth-order valence-electron chi connectivity index (χ4n) is 0.841. The number of hydrazine groups is 1. The molecular weight excluding hydrogens is 184 g/mol. The Hall–Kier alpha value is -1.59. The van der Waals surface area contributed by atoms with Crippen molar-refractivity contribution in [2.75, 3.05) is 13.3 Å². The van der Waals surface area contributed by atoms with Gasteiger partial charge >= 0.3 is 6.09 Å². The number of nitrogens with one attached hydrogen (secondary N) is 1. The second kappa shape index (κ2) is 5.95. The van der Waals surface area contributed by atoms with Crippen LogP contribution in [0.4, 0.5) is 4.79 Å². The second-order valence-electron chi connectivity index (χ2n) is 2.78. The van der Waals surface area contributed by atoms with Crippen molar-refractivity contribution in [3.05, 3.63) is 0 Å². The molecule has 6 nitrogen and oxygen atoms in total. The Morgan fingerprint density at radius 3 is 3.21 bits per heavy atom. The lowest BCUT2D eigenvalue weighted by atomic mass is 10.4. The summed E-state index contributed by atoms with van der Waals surface area (Å²) in [4.78, 5) is 18.7. The van der Waals surface area contributed by atoms with Gasteiger partial charge in [0.05, 0.1) is 6.61 Å². The highest BCUT2D eigenvalue weighted by Crippen LogP contribution is 1.90. The van der Waals surface area contributed by atoms with Gasteiger partial charge in [0.1, 0.15) is 19.3 Å². The Kier molecular flexibility index (Phi) is 4.46. The summed E-state index contributed by atoms with van der Waals surface area (Å²) >= 11 is 0. The number of ether oxygens (including phenoxy) is 1. The van der Waals surface area contributed by atoms with E-state index in [1.54, 1.807) is 0 Å². The van der Waals surface area contributed by atoms with E-state index in [-0.39, 0.29) is 0 Å². The lowest BCUT2D eigenvalue weighted by Crippen LogP contribution is -2.42. The number of carbonyl (C=O) groups is 1. The molecule has 0 saturated heterocycles. The molecule has 0 aromatic carbocycles. The molecule has 0 aromatic heterocycles. The Morgan fingerprint density at radius 2 is 2.57 bits per heavy atom. The van der Waals surface area contributed by atoms with Crippen LogP contribution in [0.15, 0.2) is 9.98 Å². The normalized spacial score (nSPS) is 14.2. The summed E-state index contributed by atoms with van der Waals surface area (Å²) in [5.41, 5.74) is 2.49. The van der Waals surface area contributed by atoms with Crippen molar-refractivity contribution in [3.8, 4) is 0 Å². The van der Waals surface area contributed by atoms with Crippen molar-refractivity contribution in [3.63, 3.8) is 0 Å². The van der Waals surface area contributed by atoms with Crippen molar-refractivity contribution in [1.29, 1.82) is 0 Å². The van der Waals surface area contributed by atoms with Gasteiger partial charge in [0.15, 0.2) is 0 Å². The molecule has 1 aliphatic heterocycles. The molecule has 0 bridgehead atoms. The summed E-state index contributed by atoms with van der Waals surface area (Å²) < 4.78 is 4.88. The average molecular weight is 198 g/mol. The fraction of sp³-hybridized carbons (Fsp3) is 0.625. The summed E-state index contributed by atoms with van der Waals surface area (Å²) in [7, 11) is 0. The van der Waals surface area contributed by atoms with E-state index in [0.29, 0.717) is 13.3 Å². The van der Waals surface area contributed by atoms with Gasteiger partial charge in [-0.15, -0.1) is 0 Å². The van der Waals surface area contributed by atoms with E-state index in [0.717, 1.165) is 12.8 Å².